The highest BCUT2D eigenvalue weighted by molar-refractivity contribution is 6.00. The normalized spacial score (nSPS) is 49.2. The summed E-state index contributed by atoms with van der Waals surface area (Å²) in [5.41, 5.74) is -2.23. The van der Waals surface area contributed by atoms with Crippen molar-refractivity contribution < 1.29 is 52.6 Å². The summed E-state index contributed by atoms with van der Waals surface area (Å²) in [5, 5.41) is 11.6. The SMILES string of the molecule is CC[C@H]1OC(=O)O[C@@]1(C)[C@@H]1OC(=O)[C@H](C)C(=O)[C@H](C)[C@@H](O[C@@H]2OC(C)CC(N3CCOCC3)C2O)[C@@]2(C)CC(C)C(O2)[C@@H]1C. The molecule has 0 aromatic carbocycles. The highest BCUT2D eigenvalue weighted by Gasteiger charge is 2.61. The summed E-state index contributed by atoms with van der Waals surface area (Å²) >= 11 is 0. The lowest BCUT2D eigenvalue weighted by molar-refractivity contribution is -0.298. The minimum atomic E-state index is -1.27. The Kier molecular flexibility index (Phi) is 9.72. The van der Waals surface area contributed by atoms with Gasteiger partial charge >= 0.3 is 12.1 Å². The van der Waals surface area contributed by atoms with E-state index in [1.54, 1.807) is 13.8 Å². The van der Waals surface area contributed by atoms with Crippen LogP contribution in [-0.2, 0) is 42.7 Å². The molecule has 5 fully saturated rings. The van der Waals surface area contributed by atoms with Gasteiger partial charge in [0.05, 0.1) is 37.1 Å². The monoisotopic (exact) mass is 625 g/mol. The topological polar surface area (TPSA) is 139 Å². The predicted octanol–water partition coefficient (Wildman–Crippen LogP) is 2.86. The first kappa shape index (κ1) is 33.5. The van der Waals surface area contributed by atoms with Crippen molar-refractivity contribution in [1.29, 1.82) is 0 Å². The Bertz CT molecular complexity index is 1080. The molecule has 5 saturated heterocycles. The maximum atomic E-state index is 14.0. The number of carbonyl (C=O) groups excluding carboxylic acids is 3. The van der Waals surface area contributed by atoms with E-state index in [1.165, 1.54) is 6.92 Å². The van der Waals surface area contributed by atoms with Gasteiger partial charge in [-0.2, -0.15) is 0 Å². The number of ether oxygens (including phenoxy) is 7. The Morgan fingerprint density at radius 2 is 1.70 bits per heavy atom. The number of carbonyl (C=O) groups is 3. The van der Waals surface area contributed by atoms with Gasteiger partial charge in [-0.3, -0.25) is 14.5 Å². The lowest BCUT2D eigenvalue weighted by atomic mass is 9.76. The van der Waals surface area contributed by atoms with E-state index in [0.29, 0.717) is 45.6 Å². The summed E-state index contributed by atoms with van der Waals surface area (Å²) in [5.74, 6) is -3.44. The number of morpholine rings is 1. The molecule has 14 atom stereocenters. The van der Waals surface area contributed by atoms with Crippen LogP contribution in [0, 0.1) is 23.7 Å². The van der Waals surface area contributed by atoms with E-state index in [-0.39, 0.29) is 23.8 Å². The maximum absolute atomic E-state index is 14.0. The van der Waals surface area contributed by atoms with Gasteiger partial charge in [0.15, 0.2) is 17.7 Å². The van der Waals surface area contributed by atoms with Crippen LogP contribution in [0.3, 0.4) is 0 Å². The Hall–Kier alpha value is -1.83. The summed E-state index contributed by atoms with van der Waals surface area (Å²) in [6, 6.07) is -0.191. The van der Waals surface area contributed by atoms with Crippen LogP contribution in [0.15, 0.2) is 0 Å². The Labute approximate surface area is 260 Å². The van der Waals surface area contributed by atoms with Gasteiger partial charge < -0.3 is 38.3 Å². The lowest BCUT2D eigenvalue weighted by Crippen LogP contribution is -2.60. The third-order valence-corrected chi connectivity index (χ3v) is 10.7. The molecule has 0 spiro atoms. The number of aliphatic hydroxyl groups excluding tert-OH is 1. The van der Waals surface area contributed by atoms with Gasteiger partial charge in [-0.15, -0.1) is 0 Å². The van der Waals surface area contributed by atoms with Crippen LogP contribution in [0.5, 0.6) is 0 Å². The number of Topliss-reactive ketones (excluding diaryl/α,β-unsaturated/α-hetero) is 1. The van der Waals surface area contributed by atoms with Crippen LogP contribution in [0.4, 0.5) is 4.79 Å². The molecule has 1 N–H and O–H groups in total. The summed E-state index contributed by atoms with van der Waals surface area (Å²) in [6.07, 6.45) is -4.15. The first-order valence-corrected chi connectivity index (χ1v) is 16.3. The van der Waals surface area contributed by atoms with Crippen molar-refractivity contribution in [3.63, 3.8) is 0 Å². The van der Waals surface area contributed by atoms with Gasteiger partial charge in [-0.05, 0) is 52.9 Å². The number of cyclic esters (lactones) is 3. The second-order valence-electron chi connectivity index (χ2n) is 14.1. The van der Waals surface area contributed by atoms with Crippen LogP contribution in [0.1, 0.15) is 74.7 Å². The number of esters is 1. The number of ketones is 1. The number of nitrogens with zero attached hydrogens (tertiary/aromatic N) is 1. The van der Waals surface area contributed by atoms with E-state index in [4.69, 9.17) is 33.2 Å². The molecule has 12 nitrogen and oxygen atoms in total. The molecule has 0 aromatic heterocycles. The van der Waals surface area contributed by atoms with Crippen LogP contribution >= 0.6 is 0 Å². The van der Waals surface area contributed by atoms with Crippen molar-refractivity contribution in [3.05, 3.63) is 0 Å². The minimum Gasteiger partial charge on any atom is -0.457 e. The van der Waals surface area contributed by atoms with E-state index in [1.807, 2.05) is 27.7 Å². The highest BCUT2D eigenvalue weighted by atomic mass is 16.8. The van der Waals surface area contributed by atoms with E-state index in [0.717, 1.165) is 0 Å². The molecule has 0 aliphatic carbocycles. The fraction of sp³-hybridized carbons (Fsp3) is 0.906. The highest BCUT2D eigenvalue weighted by Crippen LogP contribution is 2.48. The summed E-state index contributed by atoms with van der Waals surface area (Å²) in [6.45, 7) is 17.3. The molecule has 12 heteroatoms. The molecule has 0 radical (unpaired) electrons. The molecule has 44 heavy (non-hydrogen) atoms. The van der Waals surface area contributed by atoms with Gasteiger partial charge in [0.25, 0.3) is 0 Å². The molecule has 0 aromatic rings. The molecule has 2 bridgehead atoms. The second kappa shape index (κ2) is 12.8. The molecule has 5 rings (SSSR count). The van der Waals surface area contributed by atoms with Crippen molar-refractivity contribution >= 4 is 17.9 Å². The van der Waals surface area contributed by atoms with Crippen molar-refractivity contribution in [1.82, 2.24) is 4.90 Å². The largest absolute Gasteiger partial charge is 0.509 e. The molecular weight excluding hydrogens is 574 g/mol. The summed E-state index contributed by atoms with van der Waals surface area (Å²) < 4.78 is 42.5. The van der Waals surface area contributed by atoms with Crippen molar-refractivity contribution in [2.75, 3.05) is 26.3 Å². The summed E-state index contributed by atoms with van der Waals surface area (Å²) in [7, 11) is 0. The zero-order valence-electron chi connectivity index (χ0n) is 27.4. The smallest absolute Gasteiger partial charge is 0.457 e. The van der Waals surface area contributed by atoms with E-state index >= 15 is 0 Å². The van der Waals surface area contributed by atoms with Crippen molar-refractivity contribution in [2.24, 2.45) is 23.7 Å². The Morgan fingerprint density at radius 3 is 2.36 bits per heavy atom. The van der Waals surface area contributed by atoms with E-state index < -0.39 is 77.9 Å². The number of hydrogen-bond acceptors (Lipinski definition) is 12. The number of rotatable bonds is 5. The second-order valence-corrected chi connectivity index (χ2v) is 14.1. The number of fused-ring (bicyclic) bond motifs is 2. The third kappa shape index (κ3) is 6.02. The first-order chi connectivity index (χ1) is 20.7. The van der Waals surface area contributed by atoms with E-state index in [2.05, 4.69) is 11.8 Å². The zero-order valence-corrected chi connectivity index (χ0v) is 27.4. The van der Waals surface area contributed by atoms with Crippen molar-refractivity contribution in [2.45, 2.75) is 135 Å². The molecule has 5 aliphatic heterocycles. The molecule has 250 valence electrons. The Balaban J connectivity index is 1.48. The summed E-state index contributed by atoms with van der Waals surface area (Å²) in [4.78, 5) is 42.1. The predicted molar refractivity (Wildman–Crippen MR) is 155 cm³/mol. The van der Waals surface area contributed by atoms with Gasteiger partial charge in [-0.25, -0.2) is 4.79 Å². The average Bonchev–Trinajstić information content (AvgIpc) is 3.47. The standard InChI is InChI=1S/C32H51NO11/c1-9-22-32(8,44-30(37)40-22)27-20(6)25-16(2)15-31(7,43-25)26(18(4)23(34)19(5)28(36)41-27)42-29-24(35)21(14-17(3)39-29)33-10-12-38-13-11-33/h16-22,24-27,29,35H,9-15H2,1-8H3/t16?,17?,18-,19+,20-,21?,22+,24?,25?,26+,27+,29-,31+,32+/m0/s1. The molecule has 0 amide bonds. The maximum Gasteiger partial charge on any atom is 0.509 e. The quantitative estimate of drug-likeness (QED) is 0.355. The van der Waals surface area contributed by atoms with Crippen molar-refractivity contribution in [3.8, 4) is 0 Å². The zero-order chi connectivity index (χ0) is 32.1. The van der Waals surface area contributed by atoms with Crippen LogP contribution in [-0.4, -0.2) is 114 Å². The fourth-order valence-electron chi connectivity index (χ4n) is 8.43. The van der Waals surface area contributed by atoms with Crippen LogP contribution in [0.25, 0.3) is 0 Å². The first-order valence-electron chi connectivity index (χ1n) is 16.3. The van der Waals surface area contributed by atoms with Gasteiger partial charge in [-0.1, -0.05) is 27.7 Å². The van der Waals surface area contributed by atoms with Gasteiger partial charge in [0.1, 0.15) is 24.2 Å². The van der Waals surface area contributed by atoms with E-state index in [9.17, 15) is 19.5 Å². The van der Waals surface area contributed by atoms with Gasteiger partial charge in [0, 0.05) is 31.0 Å². The number of hydrogen-bond donors (Lipinski definition) is 1. The molecule has 5 heterocycles. The molecule has 5 aliphatic rings. The third-order valence-electron chi connectivity index (χ3n) is 10.7. The number of aliphatic hydroxyl groups is 1. The van der Waals surface area contributed by atoms with Crippen LogP contribution < -0.4 is 0 Å². The lowest BCUT2D eigenvalue weighted by Gasteiger charge is -2.47. The molecule has 5 unspecified atom stereocenters. The van der Waals surface area contributed by atoms with Crippen LogP contribution in [0.2, 0.25) is 0 Å². The minimum absolute atomic E-state index is 0.0274. The molecular formula is C32H51NO11. The van der Waals surface area contributed by atoms with Gasteiger partial charge in [0.2, 0.25) is 0 Å². The molecule has 0 saturated carbocycles. The Morgan fingerprint density at radius 1 is 1.02 bits per heavy atom. The average molecular weight is 626 g/mol. The fourth-order valence-corrected chi connectivity index (χ4v) is 8.43.